The van der Waals surface area contributed by atoms with Crippen LogP contribution in [-0.2, 0) is 5.41 Å². The molecule has 0 bridgehead atoms. The molecule has 4 heteroatoms. The minimum atomic E-state index is -0.0885. The highest BCUT2D eigenvalue weighted by Crippen LogP contribution is 2.50. The van der Waals surface area contributed by atoms with Crippen molar-refractivity contribution in [2.45, 2.75) is 31.7 Å². The molecule has 8 aromatic rings. The summed E-state index contributed by atoms with van der Waals surface area (Å²) in [5, 5.41) is 8.39. The van der Waals surface area contributed by atoms with Crippen molar-refractivity contribution in [2.24, 2.45) is 10.9 Å². The number of para-hydroxylation sites is 2. The summed E-state index contributed by atoms with van der Waals surface area (Å²) in [6.07, 6.45) is 12.1. The van der Waals surface area contributed by atoms with Crippen LogP contribution in [0.1, 0.15) is 48.6 Å². The second kappa shape index (κ2) is 13.1. The topological polar surface area (TPSA) is 40.8 Å². The van der Waals surface area contributed by atoms with E-state index in [1.807, 2.05) is 0 Å². The summed E-state index contributed by atoms with van der Waals surface area (Å²) in [4.78, 5) is 7.78. The molecule has 1 aliphatic heterocycles. The van der Waals surface area contributed by atoms with Gasteiger partial charge in [0.2, 0.25) is 0 Å². The van der Waals surface area contributed by atoms with Gasteiger partial charge in [-0.15, -0.1) is 0 Å². The highest BCUT2D eigenvalue weighted by atomic mass is 16.3. The third-order valence-corrected chi connectivity index (χ3v) is 12.2. The van der Waals surface area contributed by atoms with Crippen LogP contribution < -0.4 is 10.2 Å². The molecule has 0 amide bonds. The van der Waals surface area contributed by atoms with E-state index in [1.165, 1.54) is 27.8 Å². The lowest BCUT2D eigenvalue weighted by Crippen LogP contribution is -2.32. The Balaban J connectivity index is 1.09. The van der Waals surface area contributed by atoms with E-state index >= 15 is 0 Å². The Kier molecular flexibility index (Phi) is 7.68. The van der Waals surface area contributed by atoms with E-state index in [-0.39, 0.29) is 17.4 Å². The highest BCUT2D eigenvalue weighted by molar-refractivity contribution is 6.27. The first-order valence-electron chi connectivity index (χ1n) is 19.9. The second-order valence-electron chi connectivity index (χ2n) is 15.9. The number of rotatable bonds is 6. The molecule has 0 fully saturated rings. The van der Waals surface area contributed by atoms with Crippen LogP contribution in [-0.4, -0.2) is 5.84 Å². The molecule has 0 saturated heterocycles. The Labute approximate surface area is 332 Å². The smallest absolute Gasteiger partial charge is 0.138 e. The van der Waals surface area contributed by atoms with Crippen LogP contribution >= 0.6 is 0 Å². The van der Waals surface area contributed by atoms with Crippen molar-refractivity contribution in [1.82, 2.24) is 5.32 Å². The van der Waals surface area contributed by atoms with Crippen molar-refractivity contribution in [3.63, 3.8) is 0 Å². The molecule has 0 spiro atoms. The minimum Gasteiger partial charge on any atom is -0.456 e. The van der Waals surface area contributed by atoms with Gasteiger partial charge in [0.05, 0.1) is 11.7 Å². The first-order chi connectivity index (χ1) is 28.0. The second-order valence-corrected chi connectivity index (χ2v) is 15.9. The molecule has 1 N–H and O–H groups in total. The van der Waals surface area contributed by atoms with Crippen LogP contribution in [0.4, 0.5) is 17.1 Å². The fourth-order valence-corrected chi connectivity index (χ4v) is 9.42. The lowest BCUT2D eigenvalue weighted by Gasteiger charge is -2.28. The normalized spacial score (nSPS) is 17.9. The number of nitrogens with one attached hydrogen (secondary N) is 1. The monoisotopic (exact) mass is 735 g/mol. The fourth-order valence-electron chi connectivity index (χ4n) is 9.42. The summed E-state index contributed by atoms with van der Waals surface area (Å²) >= 11 is 0. The van der Waals surface area contributed by atoms with Gasteiger partial charge in [-0.2, -0.15) is 0 Å². The molecular weight excluding hydrogens is 695 g/mol. The lowest BCUT2D eigenvalue weighted by molar-refractivity contribution is 0.654. The molecule has 3 aliphatic rings. The van der Waals surface area contributed by atoms with Gasteiger partial charge in [-0.3, -0.25) is 0 Å². The third kappa shape index (κ3) is 5.39. The Morgan fingerprint density at radius 1 is 0.632 bits per heavy atom. The first kappa shape index (κ1) is 33.4. The van der Waals surface area contributed by atoms with E-state index in [1.54, 1.807) is 0 Å². The number of amidine groups is 1. The van der Waals surface area contributed by atoms with Crippen LogP contribution in [0.25, 0.3) is 43.8 Å². The summed E-state index contributed by atoms with van der Waals surface area (Å²) < 4.78 is 6.87. The van der Waals surface area contributed by atoms with Gasteiger partial charge < -0.3 is 14.6 Å². The maximum absolute atomic E-state index is 6.87. The van der Waals surface area contributed by atoms with E-state index in [4.69, 9.17) is 9.41 Å². The van der Waals surface area contributed by atoms with Gasteiger partial charge in [-0.1, -0.05) is 153 Å². The van der Waals surface area contributed by atoms with Crippen LogP contribution in [0, 0.1) is 5.92 Å². The number of hydrogen-bond acceptors (Lipinski definition) is 4. The standard InChI is InChI=1S/C53H41N3O/c1-53(2)43-27-15-14-23-38(43)39-30-29-35(31-44(39)53)46-32-45(34-17-6-3-7-18-34)54-52(55-46)42-26-16-28-48-51(42)50-41-25-13-12-24-40(41)47(33-49(50)57-48)56(36-19-8-4-9-20-36)37-21-10-5-11-22-37/h3-17,19-34,46H,18H2,1-2H3,(H,54,55). The van der Waals surface area contributed by atoms with E-state index in [2.05, 4.69) is 206 Å². The molecular formula is C53H41N3O. The Morgan fingerprint density at radius 3 is 2.11 bits per heavy atom. The van der Waals surface area contributed by atoms with E-state index in [0.717, 1.165) is 73.3 Å². The van der Waals surface area contributed by atoms with Crippen LogP contribution in [0.3, 0.4) is 0 Å². The number of allylic oxidation sites excluding steroid dienone is 4. The summed E-state index contributed by atoms with van der Waals surface area (Å²) in [5.41, 5.74) is 13.6. The maximum atomic E-state index is 6.87. The molecule has 0 radical (unpaired) electrons. The number of fused-ring (bicyclic) bond motifs is 8. The van der Waals surface area contributed by atoms with E-state index in [9.17, 15) is 0 Å². The molecule has 2 atom stereocenters. The summed E-state index contributed by atoms with van der Waals surface area (Å²) in [6.45, 7) is 4.70. The minimum absolute atomic E-state index is 0.0707. The van der Waals surface area contributed by atoms with Gasteiger partial charge in [-0.05, 0) is 76.0 Å². The van der Waals surface area contributed by atoms with Gasteiger partial charge in [0.1, 0.15) is 17.0 Å². The highest BCUT2D eigenvalue weighted by Gasteiger charge is 2.36. The van der Waals surface area contributed by atoms with Gasteiger partial charge in [0.25, 0.3) is 0 Å². The zero-order valence-electron chi connectivity index (χ0n) is 32.0. The summed E-state index contributed by atoms with van der Waals surface area (Å²) in [5.74, 6) is 1.05. The maximum Gasteiger partial charge on any atom is 0.138 e. The predicted octanol–water partition coefficient (Wildman–Crippen LogP) is 13.6. The van der Waals surface area contributed by atoms with Gasteiger partial charge in [-0.25, -0.2) is 4.99 Å². The predicted molar refractivity (Wildman–Crippen MR) is 237 cm³/mol. The molecule has 1 aromatic heterocycles. The quantitative estimate of drug-likeness (QED) is 0.185. The number of benzene rings is 7. The molecule has 2 unspecified atom stereocenters. The molecule has 7 aromatic carbocycles. The van der Waals surface area contributed by atoms with Gasteiger partial charge in [0, 0.05) is 56.2 Å². The van der Waals surface area contributed by atoms with Crippen molar-refractivity contribution in [2.75, 3.05) is 4.90 Å². The Bertz CT molecular complexity index is 2960. The molecule has 0 saturated carbocycles. The average molecular weight is 736 g/mol. The van der Waals surface area contributed by atoms with Crippen LogP contribution in [0.15, 0.2) is 197 Å². The van der Waals surface area contributed by atoms with Crippen LogP contribution in [0.2, 0.25) is 0 Å². The lowest BCUT2D eigenvalue weighted by atomic mass is 9.81. The van der Waals surface area contributed by atoms with E-state index < -0.39 is 0 Å². The molecule has 4 nitrogen and oxygen atoms in total. The zero-order chi connectivity index (χ0) is 38.1. The van der Waals surface area contributed by atoms with Crippen LogP contribution in [0.5, 0.6) is 0 Å². The van der Waals surface area contributed by atoms with E-state index in [0.29, 0.717) is 0 Å². The molecule has 57 heavy (non-hydrogen) atoms. The van der Waals surface area contributed by atoms with Crippen molar-refractivity contribution >= 4 is 55.6 Å². The molecule has 2 heterocycles. The molecule has 11 rings (SSSR count). The Morgan fingerprint density at radius 2 is 1.33 bits per heavy atom. The average Bonchev–Trinajstić information content (AvgIpc) is 3.76. The molecule has 274 valence electrons. The van der Waals surface area contributed by atoms with Crippen molar-refractivity contribution in [3.8, 4) is 11.1 Å². The zero-order valence-corrected chi connectivity index (χ0v) is 32.0. The van der Waals surface area contributed by atoms with Crippen molar-refractivity contribution in [1.29, 1.82) is 0 Å². The number of aliphatic imine (C=N–C) groups is 1. The third-order valence-electron chi connectivity index (χ3n) is 12.2. The van der Waals surface area contributed by atoms with Gasteiger partial charge >= 0.3 is 0 Å². The fraction of sp³-hybridized carbons (Fsp3) is 0.113. The first-order valence-corrected chi connectivity index (χ1v) is 19.9. The largest absolute Gasteiger partial charge is 0.456 e. The number of furan rings is 1. The number of anilines is 3. The summed E-state index contributed by atoms with van der Waals surface area (Å²) in [7, 11) is 0. The Hall–Kier alpha value is -6.91. The number of nitrogens with zero attached hydrogens (tertiary/aromatic N) is 2. The van der Waals surface area contributed by atoms with Crippen molar-refractivity contribution in [3.05, 3.63) is 210 Å². The SMILES string of the molecule is CC1(C)c2ccccc2-c2ccc(C3C=C(C4C=CC=CC4)N=C(c4cccc5oc6cc(N(c7ccccc7)c7ccccc7)c7ccccc7c6c45)N3)cc21. The van der Waals surface area contributed by atoms with Gasteiger partial charge in [0.15, 0.2) is 0 Å². The molecule has 2 aliphatic carbocycles. The van der Waals surface area contributed by atoms with Crippen molar-refractivity contribution < 1.29 is 4.42 Å². The number of hydrogen-bond donors (Lipinski definition) is 1. The summed E-state index contributed by atoms with van der Waals surface area (Å²) in [6, 6.07) is 54.3.